The molecule has 24 heavy (non-hydrogen) atoms. The lowest BCUT2D eigenvalue weighted by molar-refractivity contribution is -0.136. The zero-order chi connectivity index (χ0) is 17.2. The van der Waals surface area contributed by atoms with E-state index in [4.69, 9.17) is 0 Å². The van der Waals surface area contributed by atoms with Gasteiger partial charge in [0.05, 0.1) is 29.7 Å². The molecule has 0 saturated carbocycles. The van der Waals surface area contributed by atoms with Crippen LogP contribution in [0.4, 0.5) is 23.7 Å². The second kappa shape index (κ2) is 6.50. The fourth-order valence-corrected chi connectivity index (χ4v) is 2.75. The number of rotatable bonds is 2. The number of halogens is 3. The van der Waals surface area contributed by atoms with Gasteiger partial charge in [0.1, 0.15) is 0 Å². The van der Waals surface area contributed by atoms with Crippen LogP contribution in [0.5, 0.6) is 0 Å². The smallest absolute Gasteiger partial charge is 0.324 e. The molecule has 1 aliphatic rings. The molecule has 1 aromatic heterocycles. The molecule has 1 aromatic carbocycles. The van der Waals surface area contributed by atoms with Crippen molar-refractivity contribution in [2.24, 2.45) is 0 Å². The zero-order valence-corrected chi connectivity index (χ0v) is 12.7. The van der Waals surface area contributed by atoms with Crippen molar-refractivity contribution in [3.8, 4) is 0 Å². The van der Waals surface area contributed by atoms with Crippen LogP contribution in [0.25, 0.3) is 0 Å². The van der Waals surface area contributed by atoms with Gasteiger partial charge in [0.2, 0.25) is 0 Å². The molecule has 1 fully saturated rings. The summed E-state index contributed by atoms with van der Waals surface area (Å²) in [6.07, 6.45) is -0.0189. The van der Waals surface area contributed by atoms with Crippen LogP contribution < -0.4 is 5.32 Å². The number of benzene rings is 1. The van der Waals surface area contributed by atoms with E-state index in [1.54, 1.807) is 17.2 Å². The molecule has 1 N–H and O–H groups in total. The number of aromatic nitrogens is 3. The molecular weight excluding hydrogens is 323 g/mol. The standard InChI is InChI=1S/C15H16F3N5O/c16-15(17,18)12-3-1-2-4-13(12)21-14(24)22-9-5-11(6-10-22)23-19-7-8-20-23/h1-4,7-8,11H,5-6,9-10H2,(H,21,24). The van der Waals surface area contributed by atoms with Crippen LogP contribution >= 0.6 is 0 Å². The van der Waals surface area contributed by atoms with Gasteiger partial charge in [-0.25, -0.2) is 4.79 Å². The van der Waals surface area contributed by atoms with E-state index in [0.717, 1.165) is 6.07 Å². The van der Waals surface area contributed by atoms with E-state index in [-0.39, 0.29) is 11.7 Å². The summed E-state index contributed by atoms with van der Waals surface area (Å²) in [7, 11) is 0. The number of hydrogen-bond donors (Lipinski definition) is 1. The molecular formula is C15H16F3N5O. The van der Waals surface area contributed by atoms with Gasteiger partial charge in [-0.15, -0.1) is 0 Å². The number of para-hydroxylation sites is 1. The highest BCUT2D eigenvalue weighted by molar-refractivity contribution is 5.90. The maximum absolute atomic E-state index is 13.0. The van der Waals surface area contributed by atoms with E-state index < -0.39 is 17.8 Å². The topological polar surface area (TPSA) is 63.1 Å². The summed E-state index contributed by atoms with van der Waals surface area (Å²) >= 11 is 0. The molecule has 2 aromatic rings. The Morgan fingerprint density at radius 1 is 1.12 bits per heavy atom. The fourth-order valence-electron chi connectivity index (χ4n) is 2.75. The minimum absolute atomic E-state index is 0.103. The number of carbonyl (C=O) groups is 1. The molecule has 1 saturated heterocycles. The molecule has 0 aliphatic carbocycles. The second-order valence-corrected chi connectivity index (χ2v) is 5.54. The first kappa shape index (κ1) is 16.3. The van der Waals surface area contributed by atoms with E-state index in [1.165, 1.54) is 23.1 Å². The van der Waals surface area contributed by atoms with E-state index in [0.29, 0.717) is 25.9 Å². The Bertz CT molecular complexity index is 693. The van der Waals surface area contributed by atoms with Crippen LogP contribution in [-0.4, -0.2) is 39.0 Å². The number of likely N-dealkylation sites (tertiary alicyclic amines) is 1. The van der Waals surface area contributed by atoms with Gasteiger partial charge in [-0.3, -0.25) is 0 Å². The first-order valence-corrected chi connectivity index (χ1v) is 7.53. The van der Waals surface area contributed by atoms with Crippen molar-refractivity contribution in [2.45, 2.75) is 25.1 Å². The molecule has 0 spiro atoms. The third kappa shape index (κ3) is 3.50. The van der Waals surface area contributed by atoms with Gasteiger partial charge >= 0.3 is 12.2 Å². The van der Waals surface area contributed by atoms with Crippen molar-refractivity contribution in [1.82, 2.24) is 19.9 Å². The summed E-state index contributed by atoms with van der Waals surface area (Å²) in [6.45, 7) is 0.873. The lowest BCUT2D eigenvalue weighted by atomic mass is 10.1. The lowest BCUT2D eigenvalue weighted by Crippen LogP contribution is -2.42. The molecule has 0 atom stereocenters. The number of nitrogens with one attached hydrogen (secondary N) is 1. The van der Waals surface area contributed by atoms with E-state index >= 15 is 0 Å². The maximum Gasteiger partial charge on any atom is 0.418 e. The van der Waals surface area contributed by atoms with Gasteiger partial charge < -0.3 is 10.2 Å². The average Bonchev–Trinajstić information content (AvgIpc) is 3.09. The molecule has 128 valence electrons. The van der Waals surface area contributed by atoms with Crippen LogP contribution in [0.1, 0.15) is 24.4 Å². The lowest BCUT2D eigenvalue weighted by Gasteiger charge is -2.31. The van der Waals surface area contributed by atoms with Crippen LogP contribution in [0.2, 0.25) is 0 Å². The van der Waals surface area contributed by atoms with Crippen LogP contribution in [-0.2, 0) is 6.18 Å². The summed E-state index contributed by atoms with van der Waals surface area (Å²) in [5.41, 5.74) is -1.08. The molecule has 0 unspecified atom stereocenters. The number of urea groups is 1. The van der Waals surface area contributed by atoms with Gasteiger partial charge in [0, 0.05) is 13.1 Å². The van der Waals surface area contributed by atoms with Crippen molar-refractivity contribution >= 4 is 11.7 Å². The molecule has 2 amide bonds. The van der Waals surface area contributed by atoms with Crippen molar-refractivity contribution in [3.63, 3.8) is 0 Å². The van der Waals surface area contributed by atoms with E-state index in [2.05, 4.69) is 15.5 Å². The minimum atomic E-state index is -4.51. The third-order valence-corrected chi connectivity index (χ3v) is 3.99. The average molecular weight is 339 g/mol. The number of piperidine rings is 1. The number of alkyl halides is 3. The first-order chi connectivity index (χ1) is 11.4. The fraction of sp³-hybridized carbons (Fsp3) is 0.400. The largest absolute Gasteiger partial charge is 0.418 e. The summed E-state index contributed by atoms with van der Waals surface area (Å²) in [4.78, 5) is 15.4. The van der Waals surface area contributed by atoms with Gasteiger partial charge in [-0.05, 0) is 25.0 Å². The quantitative estimate of drug-likeness (QED) is 0.914. The Labute approximate surface area is 136 Å². The molecule has 9 heteroatoms. The predicted molar refractivity (Wildman–Crippen MR) is 80.3 cm³/mol. The maximum atomic E-state index is 13.0. The highest BCUT2D eigenvalue weighted by Gasteiger charge is 2.34. The van der Waals surface area contributed by atoms with Gasteiger partial charge in [-0.1, -0.05) is 12.1 Å². The number of anilines is 1. The Balaban J connectivity index is 1.63. The summed E-state index contributed by atoms with van der Waals surface area (Å²) in [6, 6.07) is 4.53. The zero-order valence-electron chi connectivity index (χ0n) is 12.7. The summed E-state index contributed by atoms with van der Waals surface area (Å²) in [5.74, 6) is 0. The Morgan fingerprint density at radius 3 is 2.38 bits per heavy atom. The van der Waals surface area contributed by atoms with Crippen molar-refractivity contribution in [2.75, 3.05) is 18.4 Å². The number of hydrogen-bond acceptors (Lipinski definition) is 3. The monoisotopic (exact) mass is 339 g/mol. The summed E-state index contributed by atoms with van der Waals surface area (Å²) in [5, 5.41) is 10.5. The molecule has 2 heterocycles. The molecule has 0 radical (unpaired) electrons. The molecule has 1 aliphatic heterocycles. The second-order valence-electron chi connectivity index (χ2n) is 5.54. The molecule has 0 bridgehead atoms. The van der Waals surface area contributed by atoms with E-state index in [9.17, 15) is 18.0 Å². The summed E-state index contributed by atoms with van der Waals surface area (Å²) < 4.78 is 38.9. The van der Waals surface area contributed by atoms with Crippen molar-refractivity contribution in [3.05, 3.63) is 42.2 Å². The van der Waals surface area contributed by atoms with Gasteiger partial charge in [0.25, 0.3) is 0 Å². The normalized spacial score (nSPS) is 16.2. The van der Waals surface area contributed by atoms with Crippen LogP contribution in [0, 0.1) is 0 Å². The highest BCUT2D eigenvalue weighted by atomic mass is 19.4. The predicted octanol–water partition coefficient (Wildman–Crippen LogP) is 3.17. The SMILES string of the molecule is O=C(Nc1ccccc1C(F)(F)F)N1CCC(n2nccn2)CC1. The van der Waals surface area contributed by atoms with E-state index in [1.807, 2.05) is 0 Å². The van der Waals surface area contributed by atoms with Gasteiger partial charge in [0.15, 0.2) is 0 Å². The number of amides is 2. The van der Waals surface area contributed by atoms with Crippen LogP contribution in [0.3, 0.4) is 0 Å². The van der Waals surface area contributed by atoms with Crippen molar-refractivity contribution in [1.29, 1.82) is 0 Å². The Morgan fingerprint density at radius 2 is 1.75 bits per heavy atom. The highest BCUT2D eigenvalue weighted by Crippen LogP contribution is 2.34. The first-order valence-electron chi connectivity index (χ1n) is 7.53. The van der Waals surface area contributed by atoms with Gasteiger partial charge in [-0.2, -0.15) is 28.2 Å². The van der Waals surface area contributed by atoms with Crippen molar-refractivity contribution < 1.29 is 18.0 Å². The molecule has 3 rings (SSSR count). The Hall–Kier alpha value is -2.58. The number of carbonyl (C=O) groups excluding carboxylic acids is 1. The third-order valence-electron chi connectivity index (χ3n) is 3.99. The minimum Gasteiger partial charge on any atom is -0.324 e. The molecule has 6 nitrogen and oxygen atoms in total. The van der Waals surface area contributed by atoms with Crippen LogP contribution in [0.15, 0.2) is 36.7 Å². The Kier molecular flexibility index (Phi) is 4.41. The number of nitrogens with zero attached hydrogens (tertiary/aromatic N) is 4.